The molecule has 0 spiro atoms. The molecular weight excluding hydrogens is 460 g/mol. The topological polar surface area (TPSA) is 123 Å². The van der Waals surface area contributed by atoms with E-state index in [-0.39, 0.29) is 21.3 Å². The average Bonchev–Trinajstić information content (AvgIpc) is 3.40. The molecule has 4 aromatic rings. The molecule has 156 valence electrons. The molecule has 4 rings (SSSR count). The Balaban J connectivity index is 1.70. The van der Waals surface area contributed by atoms with Crippen molar-refractivity contribution in [2.45, 2.75) is 4.90 Å². The molecule has 2 aromatic carbocycles. The van der Waals surface area contributed by atoms with Crippen LogP contribution in [0.15, 0.2) is 59.2 Å². The fourth-order valence-corrected chi connectivity index (χ4v) is 4.70. The molecule has 0 aliphatic rings. The van der Waals surface area contributed by atoms with E-state index in [4.69, 9.17) is 16.3 Å². The predicted octanol–water partition coefficient (Wildman–Crippen LogP) is 4.06. The summed E-state index contributed by atoms with van der Waals surface area (Å²) in [7, 11) is -2.13. The SMILES string of the molecule is Cn1cnnc1-c1cc(Cl)ccc1Oc1ccc(S(=O)(=O)Nc2nccs2)cc1C#N. The first-order valence-corrected chi connectivity index (χ1v) is 11.4. The summed E-state index contributed by atoms with van der Waals surface area (Å²) in [6, 6.07) is 10.9. The molecule has 12 heteroatoms. The van der Waals surface area contributed by atoms with Crippen molar-refractivity contribution in [2.75, 3.05) is 4.72 Å². The van der Waals surface area contributed by atoms with Gasteiger partial charge in [-0.1, -0.05) is 11.6 Å². The second-order valence-corrected chi connectivity index (χ2v) is 9.23. The number of ether oxygens (including phenoxy) is 1. The number of thiazole rings is 1. The zero-order chi connectivity index (χ0) is 22.0. The highest BCUT2D eigenvalue weighted by atomic mass is 35.5. The lowest BCUT2D eigenvalue weighted by atomic mass is 10.1. The number of hydrogen-bond acceptors (Lipinski definition) is 8. The van der Waals surface area contributed by atoms with Gasteiger partial charge < -0.3 is 9.30 Å². The van der Waals surface area contributed by atoms with Gasteiger partial charge in [-0.2, -0.15) is 5.26 Å². The summed E-state index contributed by atoms with van der Waals surface area (Å²) in [6.07, 6.45) is 3.02. The molecule has 2 aromatic heterocycles. The summed E-state index contributed by atoms with van der Waals surface area (Å²) >= 11 is 7.28. The van der Waals surface area contributed by atoms with Crippen LogP contribution in [-0.4, -0.2) is 28.2 Å². The third-order valence-electron chi connectivity index (χ3n) is 4.15. The van der Waals surface area contributed by atoms with Gasteiger partial charge in [-0.3, -0.25) is 4.72 Å². The molecule has 0 aliphatic carbocycles. The molecule has 1 N–H and O–H groups in total. The number of hydrogen-bond donors (Lipinski definition) is 1. The minimum Gasteiger partial charge on any atom is -0.455 e. The highest BCUT2D eigenvalue weighted by Crippen LogP contribution is 2.36. The summed E-state index contributed by atoms with van der Waals surface area (Å²) in [4.78, 5) is 3.82. The van der Waals surface area contributed by atoms with Crippen LogP contribution in [0.2, 0.25) is 5.02 Å². The number of rotatable bonds is 6. The highest BCUT2D eigenvalue weighted by Gasteiger charge is 2.20. The fourth-order valence-electron chi connectivity index (χ4n) is 2.71. The molecule has 31 heavy (non-hydrogen) atoms. The molecule has 0 unspecified atom stereocenters. The summed E-state index contributed by atoms with van der Waals surface area (Å²) in [6.45, 7) is 0. The van der Waals surface area contributed by atoms with Crippen molar-refractivity contribution in [1.29, 1.82) is 5.26 Å². The van der Waals surface area contributed by atoms with E-state index >= 15 is 0 Å². The van der Waals surface area contributed by atoms with Crippen molar-refractivity contribution >= 4 is 38.1 Å². The van der Waals surface area contributed by atoms with Crippen molar-refractivity contribution in [3.05, 3.63) is 64.9 Å². The molecule has 0 fully saturated rings. The van der Waals surface area contributed by atoms with E-state index in [1.54, 1.807) is 35.2 Å². The number of sulfonamides is 1. The minimum absolute atomic E-state index is 0.0425. The van der Waals surface area contributed by atoms with Crippen LogP contribution >= 0.6 is 22.9 Å². The van der Waals surface area contributed by atoms with Gasteiger partial charge in [0.25, 0.3) is 10.0 Å². The minimum atomic E-state index is -3.91. The lowest BCUT2D eigenvalue weighted by Crippen LogP contribution is -2.13. The first-order valence-electron chi connectivity index (χ1n) is 8.65. The largest absolute Gasteiger partial charge is 0.455 e. The molecule has 9 nitrogen and oxygen atoms in total. The van der Waals surface area contributed by atoms with Crippen molar-refractivity contribution in [1.82, 2.24) is 19.7 Å². The number of aromatic nitrogens is 4. The Labute approximate surface area is 186 Å². The van der Waals surface area contributed by atoms with Crippen LogP contribution < -0.4 is 9.46 Å². The Morgan fingerprint density at radius 1 is 1.23 bits per heavy atom. The Morgan fingerprint density at radius 2 is 2.03 bits per heavy atom. The number of nitrogens with one attached hydrogen (secondary N) is 1. The zero-order valence-corrected chi connectivity index (χ0v) is 18.2. The molecule has 2 heterocycles. The number of benzene rings is 2. The molecule has 0 bridgehead atoms. The summed E-state index contributed by atoms with van der Waals surface area (Å²) in [5.74, 6) is 1.08. The maximum Gasteiger partial charge on any atom is 0.263 e. The standard InChI is InChI=1S/C19H13ClN6O3S2/c1-26-11-23-24-18(26)15-9-13(20)2-4-17(15)29-16-5-3-14(8-12(16)10-21)31(27,28)25-19-22-6-7-30-19/h2-9,11H,1H3,(H,22,25). The van der Waals surface area contributed by atoms with Crippen LogP contribution in [0.25, 0.3) is 11.4 Å². The number of aryl methyl sites for hydroxylation is 1. The van der Waals surface area contributed by atoms with Crippen molar-refractivity contribution < 1.29 is 13.2 Å². The Bertz CT molecular complexity index is 1390. The van der Waals surface area contributed by atoms with Crippen LogP contribution in [0.5, 0.6) is 11.5 Å². The summed E-state index contributed by atoms with van der Waals surface area (Å²) in [5.41, 5.74) is 0.611. The second kappa shape index (κ2) is 8.35. The molecule has 0 atom stereocenters. The van der Waals surface area contributed by atoms with E-state index in [0.29, 0.717) is 22.2 Å². The molecule has 0 radical (unpaired) electrons. The van der Waals surface area contributed by atoms with Gasteiger partial charge in [0, 0.05) is 23.6 Å². The van der Waals surface area contributed by atoms with E-state index < -0.39 is 10.0 Å². The molecule has 0 saturated heterocycles. The van der Waals surface area contributed by atoms with Gasteiger partial charge in [-0.15, -0.1) is 21.5 Å². The van der Waals surface area contributed by atoms with Gasteiger partial charge in [0.05, 0.1) is 16.0 Å². The number of nitrogens with zero attached hydrogens (tertiary/aromatic N) is 5. The fraction of sp³-hybridized carbons (Fsp3) is 0.0526. The lowest BCUT2D eigenvalue weighted by Gasteiger charge is -2.13. The third-order valence-corrected chi connectivity index (χ3v) is 6.54. The Hall–Kier alpha value is -3.46. The van der Waals surface area contributed by atoms with Gasteiger partial charge in [-0.05, 0) is 36.4 Å². The number of nitriles is 1. The quantitative estimate of drug-likeness (QED) is 0.448. The summed E-state index contributed by atoms with van der Waals surface area (Å²) < 4.78 is 35.2. The van der Waals surface area contributed by atoms with Crippen LogP contribution in [0, 0.1) is 11.3 Å². The average molecular weight is 473 g/mol. The normalized spacial score (nSPS) is 11.1. The maximum atomic E-state index is 12.6. The van der Waals surface area contributed by atoms with Crippen LogP contribution in [0.1, 0.15) is 5.56 Å². The van der Waals surface area contributed by atoms with Crippen molar-refractivity contribution in [3.8, 4) is 29.0 Å². The maximum absolute atomic E-state index is 12.6. The van der Waals surface area contributed by atoms with Crippen LogP contribution in [-0.2, 0) is 17.1 Å². The molecular formula is C19H13ClN6O3S2. The van der Waals surface area contributed by atoms with Gasteiger partial charge in [0.1, 0.15) is 23.9 Å². The van der Waals surface area contributed by atoms with Gasteiger partial charge in [0.15, 0.2) is 11.0 Å². The molecule has 0 amide bonds. The molecule has 0 saturated carbocycles. The zero-order valence-electron chi connectivity index (χ0n) is 15.9. The van der Waals surface area contributed by atoms with Gasteiger partial charge in [0.2, 0.25) is 0 Å². The van der Waals surface area contributed by atoms with E-state index in [1.807, 2.05) is 6.07 Å². The van der Waals surface area contributed by atoms with Gasteiger partial charge >= 0.3 is 0 Å². The number of anilines is 1. The lowest BCUT2D eigenvalue weighted by molar-refractivity contribution is 0.481. The second-order valence-electron chi connectivity index (χ2n) is 6.22. The van der Waals surface area contributed by atoms with E-state index in [0.717, 1.165) is 11.3 Å². The van der Waals surface area contributed by atoms with Crippen LogP contribution in [0.3, 0.4) is 0 Å². The summed E-state index contributed by atoms with van der Waals surface area (Å²) in [5, 5.41) is 19.9. The van der Waals surface area contributed by atoms with Crippen LogP contribution in [0.4, 0.5) is 5.13 Å². The molecule has 0 aliphatic heterocycles. The monoisotopic (exact) mass is 472 g/mol. The Kier molecular flexibility index (Phi) is 5.60. The highest BCUT2D eigenvalue weighted by molar-refractivity contribution is 7.93. The smallest absolute Gasteiger partial charge is 0.263 e. The van der Waals surface area contributed by atoms with E-state index in [2.05, 4.69) is 19.9 Å². The van der Waals surface area contributed by atoms with E-state index in [9.17, 15) is 13.7 Å². The first kappa shape index (κ1) is 20.8. The predicted molar refractivity (Wildman–Crippen MR) is 116 cm³/mol. The number of halogens is 1. The third kappa shape index (κ3) is 4.36. The first-order chi connectivity index (χ1) is 14.9. The van der Waals surface area contributed by atoms with Crippen molar-refractivity contribution in [2.24, 2.45) is 7.05 Å². The Morgan fingerprint density at radius 3 is 2.71 bits per heavy atom. The van der Waals surface area contributed by atoms with Crippen molar-refractivity contribution in [3.63, 3.8) is 0 Å². The van der Waals surface area contributed by atoms with E-state index in [1.165, 1.54) is 30.7 Å². The van der Waals surface area contributed by atoms with Gasteiger partial charge in [-0.25, -0.2) is 13.4 Å².